The molecule has 6 nitrogen and oxygen atoms in total. The highest BCUT2D eigenvalue weighted by molar-refractivity contribution is 5.94. The van der Waals surface area contributed by atoms with Crippen molar-refractivity contribution in [2.75, 3.05) is 19.7 Å². The average Bonchev–Trinajstić information content (AvgIpc) is 3.05. The third-order valence-corrected chi connectivity index (χ3v) is 5.20. The van der Waals surface area contributed by atoms with E-state index in [4.69, 9.17) is 9.47 Å². The zero-order valence-corrected chi connectivity index (χ0v) is 14.9. The summed E-state index contributed by atoms with van der Waals surface area (Å²) < 4.78 is 12.1. The first-order valence-corrected chi connectivity index (χ1v) is 9.05. The fourth-order valence-corrected chi connectivity index (χ4v) is 3.81. The summed E-state index contributed by atoms with van der Waals surface area (Å²) >= 11 is 0. The van der Waals surface area contributed by atoms with Gasteiger partial charge in [-0.15, -0.1) is 0 Å². The summed E-state index contributed by atoms with van der Waals surface area (Å²) in [7, 11) is 0. The first-order valence-electron chi connectivity index (χ1n) is 9.05. The largest absolute Gasteiger partial charge is 0.486 e. The minimum Gasteiger partial charge on any atom is -0.486 e. The van der Waals surface area contributed by atoms with Crippen LogP contribution < -0.4 is 4.74 Å². The van der Waals surface area contributed by atoms with E-state index < -0.39 is 0 Å². The van der Waals surface area contributed by atoms with Crippen LogP contribution in [0.3, 0.4) is 0 Å². The number of piperidine rings is 1. The van der Waals surface area contributed by atoms with E-state index >= 15 is 0 Å². The van der Waals surface area contributed by atoms with Gasteiger partial charge in [0.15, 0.2) is 0 Å². The van der Waals surface area contributed by atoms with Crippen molar-refractivity contribution in [3.63, 3.8) is 0 Å². The highest BCUT2D eigenvalue weighted by atomic mass is 16.6. The molecule has 2 aromatic rings. The second-order valence-corrected chi connectivity index (χ2v) is 7.17. The molecule has 2 fully saturated rings. The maximum absolute atomic E-state index is 12.7. The Kier molecular flexibility index (Phi) is 4.59. The summed E-state index contributed by atoms with van der Waals surface area (Å²) in [6.45, 7) is 3.94. The van der Waals surface area contributed by atoms with Gasteiger partial charge in [-0.25, -0.2) is 0 Å². The van der Waals surface area contributed by atoms with E-state index in [1.165, 1.54) is 0 Å². The lowest BCUT2D eigenvalue weighted by atomic mass is 9.87. The predicted octanol–water partition coefficient (Wildman–Crippen LogP) is 2.63. The van der Waals surface area contributed by atoms with Gasteiger partial charge in [-0.3, -0.25) is 14.8 Å². The molecule has 0 aromatic carbocycles. The van der Waals surface area contributed by atoms with Crippen LogP contribution in [0.5, 0.6) is 5.75 Å². The van der Waals surface area contributed by atoms with Crippen LogP contribution >= 0.6 is 0 Å². The molecule has 4 rings (SSSR count). The van der Waals surface area contributed by atoms with Gasteiger partial charge >= 0.3 is 0 Å². The Morgan fingerprint density at radius 2 is 2.12 bits per heavy atom. The van der Waals surface area contributed by atoms with Crippen LogP contribution in [0.2, 0.25) is 0 Å². The number of carbonyl (C=O) groups is 1. The number of nitrogens with zero attached hydrogens (tertiary/aromatic N) is 3. The minimum absolute atomic E-state index is 0.0439. The van der Waals surface area contributed by atoms with Gasteiger partial charge in [0.2, 0.25) is 0 Å². The van der Waals surface area contributed by atoms with Crippen LogP contribution in [0.4, 0.5) is 0 Å². The second kappa shape index (κ2) is 7.03. The first-order chi connectivity index (χ1) is 12.6. The molecule has 4 heterocycles. The smallest absolute Gasteiger partial charge is 0.255 e. The molecule has 26 heavy (non-hydrogen) atoms. The van der Waals surface area contributed by atoms with Gasteiger partial charge in [-0.2, -0.15) is 0 Å². The second-order valence-electron chi connectivity index (χ2n) is 7.17. The lowest BCUT2D eigenvalue weighted by Gasteiger charge is -2.38. The number of hydrogen-bond donors (Lipinski definition) is 0. The summed E-state index contributed by atoms with van der Waals surface area (Å²) in [5.74, 6) is 0.829. The van der Waals surface area contributed by atoms with Gasteiger partial charge in [0.05, 0.1) is 24.0 Å². The zero-order valence-electron chi connectivity index (χ0n) is 14.9. The molecular formula is C20H23N3O3. The van der Waals surface area contributed by atoms with Gasteiger partial charge in [-0.1, -0.05) is 0 Å². The summed E-state index contributed by atoms with van der Waals surface area (Å²) in [5.41, 5.74) is 1.49. The molecular weight excluding hydrogens is 330 g/mol. The SMILES string of the molecule is Cc1cncc(C(=O)N2CCC3(CC2)C[C@H](Oc2cccnc2)CO3)c1. The third kappa shape index (κ3) is 3.55. The van der Waals surface area contributed by atoms with E-state index in [9.17, 15) is 4.79 Å². The van der Waals surface area contributed by atoms with Crippen molar-refractivity contribution in [2.45, 2.75) is 37.9 Å². The van der Waals surface area contributed by atoms with Crippen LogP contribution in [0.1, 0.15) is 35.2 Å². The third-order valence-electron chi connectivity index (χ3n) is 5.20. The molecule has 0 radical (unpaired) electrons. The van der Waals surface area contributed by atoms with Crippen LogP contribution in [0.15, 0.2) is 43.0 Å². The van der Waals surface area contributed by atoms with E-state index in [2.05, 4.69) is 9.97 Å². The molecule has 0 N–H and O–H groups in total. The van der Waals surface area contributed by atoms with Gasteiger partial charge < -0.3 is 14.4 Å². The number of carbonyl (C=O) groups excluding carboxylic acids is 1. The van der Waals surface area contributed by atoms with Crippen LogP contribution in [0, 0.1) is 6.92 Å². The Morgan fingerprint density at radius 1 is 1.27 bits per heavy atom. The lowest BCUT2D eigenvalue weighted by Crippen LogP contribution is -2.46. The number of hydrogen-bond acceptors (Lipinski definition) is 5. The lowest BCUT2D eigenvalue weighted by molar-refractivity contribution is -0.0395. The molecule has 2 aliphatic rings. The summed E-state index contributed by atoms with van der Waals surface area (Å²) in [6, 6.07) is 5.67. The van der Waals surface area contributed by atoms with Crippen molar-refractivity contribution >= 4 is 5.91 Å². The highest BCUT2D eigenvalue weighted by Crippen LogP contribution is 2.37. The normalized spacial score (nSPS) is 21.7. The van der Waals surface area contributed by atoms with E-state index in [1.54, 1.807) is 24.8 Å². The summed E-state index contributed by atoms with van der Waals surface area (Å²) in [6.07, 6.45) is 9.44. The molecule has 1 atom stereocenters. The quantitative estimate of drug-likeness (QED) is 0.849. The Morgan fingerprint density at radius 3 is 2.85 bits per heavy atom. The molecule has 0 unspecified atom stereocenters. The van der Waals surface area contributed by atoms with E-state index in [-0.39, 0.29) is 17.6 Å². The van der Waals surface area contributed by atoms with Crippen molar-refractivity contribution in [1.29, 1.82) is 0 Å². The molecule has 0 saturated carbocycles. The number of aromatic nitrogens is 2. The Hall–Kier alpha value is -2.47. The number of pyridine rings is 2. The highest BCUT2D eigenvalue weighted by Gasteiger charge is 2.44. The number of likely N-dealkylation sites (tertiary alicyclic amines) is 1. The Bertz CT molecular complexity index is 773. The molecule has 0 bridgehead atoms. The Balaban J connectivity index is 1.34. The Labute approximate surface area is 153 Å². The molecule has 0 aliphatic carbocycles. The van der Waals surface area contributed by atoms with Gasteiger partial charge in [0, 0.05) is 38.1 Å². The molecule has 1 amide bonds. The van der Waals surface area contributed by atoms with Crippen molar-refractivity contribution in [1.82, 2.24) is 14.9 Å². The van der Waals surface area contributed by atoms with E-state index in [1.807, 2.05) is 30.0 Å². The molecule has 136 valence electrons. The van der Waals surface area contributed by atoms with Crippen molar-refractivity contribution in [2.24, 2.45) is 0 Å². The van der Waals surface area contributed by atoms with Crippen molar-refractivity contribution in [3.05, 3.63) is 54.1 Å². The van der Waals surface area contributed by atoms with Gasteiger partial charge in [-0.05, 0) is 43.5 Å². The monoisotopic (exact) mass is 353 g/mol. The standard InChI is InChI=1S/C20H23N3O3/c1-15-9-16(12-22-11-15)19(24)23-7-4-20(5-8-23)10-18(14-25-20)26-17-3-2-6-21-13-17/h2-3,6,9,11-13,18H,4-5,7-8,10,14H2,1H3/t18-/m0/s1. The predicted molar refractivity (Wildman–Crippen MR) is 96.1 cm³/mol. The maximum Gasteiger partial charge on any atom is 0.255 e. The van der Waals surface area contributed by atoms with Crippen LogP contribution in [-0.4, -0.2) is 52.2 Å². The number of amides is 1. The minimum atomic E-state index is -0.172. The molecule has 2 aliphatic heterocycles. The topological polar surface area (TPSA) is 64.6 Å². The number of rotatable bonds is 3. The van der Waals surface area contributed by atoms with Crippen LogP contribution in [-0.2, 0) is 4.74 Å². The average molecular weight is 353 g/mol. The van der Waals surface area contributed by atoms with Gasteiger partial charge in [0.25, 0.3) is 5.91 Å². The molecule has 6 heteroatoms. The van der Waals surface area contributed by atoms with Crippen molar-refractivity contribution < 1.29 is 14.3 Å². The molecule has 2 aromatic heterocycles. The fourth-order valence-electron chi connectivity index (χ4n) is 3.81. The summed E-state index contributed by atoms with van der Waals surface area (Å²) in [5, 5.41) is 0. The van der Waals surface area contributed by atoms with Crippen molar-refractivity contribution in [3.8, 4) is 5.75 Å². The van der Waals surface area contributed by atoms with E-state index in [0.717, 1.165) is 30.6 Å². The van der Waals surface area contributed by atoms with Gasteiger partial charge in [0.1, 0.15) is 11.9 Å². The fraction of sp³-hybridized carbons (Fsp3) is 0.450. The molecule has 1 spiro atoms. The van der Waals surface area contributed by atoms with E-state index in [0.29, 0.717) is 25.3 Å². The maximum atomic E-state index is 12.7. The molecule has 2 saturated heterocycles. The van der Waals surface area contributed by atoms with Crippen LogP contribution in [0.25, 0.3) is 0 Å². The number of aryl methyl sites for hydroxylation is 1. The number of ether oxygens (including phenoxy) is 2. The zero-order chi connectivity index (χ0) is 18.0. The summed E-state index contributed by atoms with van der Waals surface area (Å²) in [4.78, 5) is 22.8. The first kappa shape index (κ1) is 17.0.